The minimum atomic E-state index is -4.66. The lowest BCUT2D eigenvalue weighted by molar-refractivity contribution is -0.138. The maximum atomic E-state index is 15.1. The molecule has 16 aromatic rings. The Bertz CT molecular complexity index is 5260. The molecule has 12 heteroatoms. The van der Waals surface area contributed by atoms with Crippen LogP contribution in [0.2, 0.25) is 0 Å². The maximum absolute atomic E-state index is 15.1. The van der Waals surface area contributed by atoms with Crippen LogP contribution in [0.25, 0.3) is 143 Å². The van der Waals surface area contributed by atoms with E-state index in [4.69, 9.17) is 0 Å². The number of hydrogen-bond acceptors (Lipinski definition) is 2. The number of halogens is 6. The highest BCUT2D eigenvalue weighted by atomic mass is 19.4. The van der Waals surface area contributed by atoms with Gasteiger partial charge in [-0.2, -0.15) is 36.9 Å². The SMILES string of the molecule is N#Cc1ccc(-n2c3ccccc3c3cc(-c4cc(-n5c6ccccc6c6ccccc65)cc(C(F)(F)F)c4)ccc32)c(-c2cc(C#N)ccc2-n2c3ccccc3c3cc(-c4cc(-n5c6ccccc6c6ccccc65)cc(C(F)(F)F)c4)ccc32)c1. The third-order valence-electron chi connectivity index (χ3n) is 17.2. The Morgan fingerprint density at radius 1 is 0.261 bits per heavy atom. The lowest BCUT2D eigenvalue weighted by Gasteiger charge is -2.19. The first kappa shape index (κ1) is 52.0. The Morgan fingerprint density at radius 2 is 0.557 bits per heavy atom. The zero-order valence-corrected chi connectivity index (χ0v) is 46.2. The molecule has 418 valence electrons. The molecule has 0 unspecified atom stereocenters. The molecular weight excluding hydrogens is 1110 g/mol. The first-order valence-electron chi connectivity index (χ1n) is 28.4. The van der Waals surface area contributed by atoms with Gasteiger partial charge in [-0.1, -0.05) is 121 Å². The molecule has 0 amide bonds. The number of fused-ring (bicyclic) bond motifs is 12. The van der Waals surface area contributed by atoms with Crippen molar-refractivity contribution in [3.05, 3.63) is 277 Å². The number of alkyl halides is 6. The molecule has 4 heterocycles. The van der Waals surface area contributed by atoms with Crippen LogP contribution >= 0.6 is 0 Å². The summed E-state index contributed by atoms with van der Waals surface area (Å²) in [7, 11) is 0. The number of benzene rings is 12. The maximum Gasteiger partial charge on any atom is 0.416 e. The quantitative estimate of drug-likeness (QED) is 0.149. The van der Waals surface area contributed by atoms with E-state index in [2.05, 4.69) is 21.3 Å². The minimum Gasteiger partial charge on any atom is -0.309 e. The van der Waals surface area contributed by atoms with Crippen molar-refractivity contribution < 1.29 is 26.3 Å². The summed E-state index contributed by atoms with van der Waals surface area (Å²) in [5, 5.41) is 28.1. The second-order valence-corrected chi connectivity index (χ2v) is 22.1. The molecule has 0 N–H and O–H groups in total. The Labute approximate surface area is 497 Å². The van der Waals surface area contributed by atoms with Gasteiger partial charge in [-0.05, 0) is 156 Å². The van der Waals surface area contributed by atoms with Gasteiger partial charge in [-0.3, -0.25) is 0 Å². The Kier molecular flexibility index (Phi) is 11.5. The van der Waals surface area contributed by atoms with Crippen LogP contribution in [-0.2, 0) is 12.4 Å². The first-order chi connectivity index (χ1) is 42.8. The van der Waals surface area contributed by atoms with E-state index in [1.807, 2.05) is 215 Å². The molecule has 0 saturated carbocycles. The number of para-hydroxylation sites is 6. The van der Waals surface area contributed by atoms with Gasteiger partial charge in [-0.15, -0.1) is 0 Å². The standard InChI is InChI=1S/C76H42F6N6/c77-75(78,79)51-35-49(37-53(41-51)85-65-19-7-1-13-55(65)56-14-2-8-20-66(56)85)47-27-31-73-63(39-47)59-17-5-11-23-69(59)87(73)71-29-25-45(43-83)33-61(71)62-34-46(44-84)26-30-72(62)88-70-24-12-6-18-60(70)64-40-48(28-32-74(64)88)50-36-52(76(80,81)82)42-54(38-50)86-67-21-9-3-15-57(67)58-16-4-10-22-68(58)86/h1-42H. The predicted molar refractivity (Wildman–Crippen MR) is 340 cm³/mol. The van der Waals surface area contributed by atoms with Crippen LogP contribution < -0.4 is 0 Å². The molecule has 6 nitrogen and oxygen atoms in total. The van der Waals surface area contributed by atoms with Crippen LogP contribution in [-0.4, -0.2) is 18.3 Å². The van der Waals surface area contributed by atoms with Crippen molar-refractivity contribution in [2.75, 3.05) is 0 Å². The Morgan fingerprint density at radius 3 is 0.875 bits per heavy atom. The normalized spacial score (nSPS) is 12.2. The molecule has 0 bridgehead atoms. The van der Waals surface area contributed by atoms with Gasteiger partial charge in [0.05, 0.1) is 89.9 Å². The molecule has 12 aromatic carbocycles. The number of rotatable bonds is 7. The second kappa shape index (κ2) is 19.5. The molecule has 0 radical (unpaired) electrons. The summed E-state index contributed by atoms with van der Waals surface area (Å²) in [6.07, 6.45) is -9.32. The summed E-state index contributed by atoms with van der Waals surface area (Å²) < 4.78 is 98.6. The lowest BCUT2D eigenvalue weighted by Crippen LogP contribution is -2.07. The molecule has 0 saturated heterocycles. The Hall–Kier alpha value is -11.6. The van der Waals surface area contributed by atoms with Gasteiger partial charge in [-0.25, -0.2) is 0 Å². The molecule has 0 aliphatic heterocycles. The number of nitriles is 2. The summed E-state index contributed by atoms with van der Waals surface area (Å²) in [5.74, 6) is 0. The van der Waals surface area contributed by atoms with Crippen molar-refractivity contribution in [2.24, 2.45) is 0 Å². The number of nitrogens with zero attached hydrogens (tertiary/aromatic N) is 6. The van der Waals surface area contributed by atoms with E-state index >= 15 is 26.3 Å². The van der Waals surface area contributed by atoms with Gasteiger partial charge in [0.2, 0.25) is 0 Å². The van der Waals surface area contributed by atoms with Gasteiger partial charge in [0, 0.05) is 65.6 Å². The first-order valence-corrected chi connectivity index (χ1v) is 28.4. The van der Waals surface area contributed by atoms with Crippen LogP contribution in [0, 0.1) is 22.7 Å². The van der Waals surface area contributed by atoms with Crippen molar-refractivity contribution in [3.63, 3.8) is 0 Å². The summed E-state index contributed by atoms with van der Waals surface area (Å²) in [6.45, 7) is 0. The average Bonchev–Trinajstić information content (AvgIpc) is 1.73. The van der Waals surface area contributed by atoms with Crippen LogP contribution in [0.4, 0.5) is 26.3 Å². The molecule has 4 aromatic heterocycles. The number of aromatic nitrogens is 4. The number of hydrogen-bond donors (Lipinski definition) is 0. The second-order valence-electron chi connectivity index (χ2n) is 22.1. The smallest absolute Gasteiger partial charge is 0.309 e. The summed E-state index contributed by atoms with van der Waals surface area (Å²) in [6, 6.07) is 81.7. The van der Waals surface area contributed by atoms with Crippen molar-refractivity contribution >= 4 is 87.2 Å². The van der Waals surface area contributed by atoms with E-state index in [0.29, 0.717) is 67.3 Å². The highest BCUT2D eigenvalue weighted by molar-refractivity contribution is 6.14. The lowest BCUT2D eigenvalue weighted by atomic mass is 9.96. The van der Waals surface area contributed by atoms with E-state index in [1.165, 1.54) is 24.3 Å². The summed E-state index contributed by atoms with van der Waals surface area (Å²) >= 11 is 0. The van der Waals surface area contributed by atoms with Crippen LogP contribution in [0.15, 0.2) is 255 Å². The van der Waals surface area contributed by atoms with Gasteiger partial charge in [0.1, 0.15) is 0 Å². The van der Waals surface area contributed by atoms with Crippen molar-refractivity contribution in [2.45, 2.75) is 12.4 Å². The largest absolute Gasteiger partial charge is 0.416 e. The monoisotopic (exact) mass is 1150 g/mol. The third kappa shape index (κ3) is 8.10. The average molecular weight is 1150 g/mol. The molecule has 88 heavy (non-hydrogen) atoms. The Balaban J connectivity index is 0.874. The minimum absolute atomic E-state index is 0.354. The highest BCUT2D eigenvalue weighted by Crippen LogP contribution is 2.46. The van der Waals surface area contributed by atoms with Crippen molar-refractivity contribution in [1.82, 2.24) is 18.3 Å². The molecule has 0 spiro atoms. The third-order valence-corrected chi connectivity index (χ3v) is 17.2. The zero-order chi connectivity index (χ0) is 59.7. The van der Waals surface area contributed by atoms with Crippen molar-refractivity contribution in [1.29, 1.82) is 10.5 Å². The van der Waals surface area contributed by atoms with E-state index in [-0.39, 0.29) is 0 Å². The summed E-state index contributed by atoms with van der Waals surface area (Å²) in [4.78, 5) is 0. The fourth-order valence-electron chi connectivity index (χ4n) is 13.4. The topological polar surface area (TPSA) is 67.3 Å². The van der Waals surface area contributed by atoms with Gasteiger partial charge < -0.3 is 18.3 Å². The van der Waals surface area contributed by atoms with E-state index in [9.17, 15) is 10.5 Å². The molecule has 0 aliphatic carbocycles. The molecular formula is C76H42F6N6. The predicted octanol–water partition coefficient (Wildman–Crippen LogP) is 20.9. The molecule has 0 fully saturated rings. The molecule has 16 rings (SSSR count). The van der Waals surface area contributed by atoms with Crippen LogP contribution in [0.1, 0.15) is 22.3 Å². The molecule has 0 atom stereocenters. The molecule has 0 aliphatic rings. The fraction of sp³-hybridized carbons (Fsp3) is 0.0263. The van der Waals surface area contributed by atoms with E-state index in [1.54, 1.807) is 24.3 Å². The van der Waals surface area contributed by atoms with Crippen LogP contribution in [0.5, 0.6) is 0 Å². The van der Waals surface area contributed by atoms with Gasteiger partial charge >= 0.3 is 12.4 Å². The fourth-order valence-corrected chi connectivity index (χ4v) is 13.4. The van der Waals surface area contributed by atoms with Gasteiger partial charge in [0.25, 0.3) is 0 Å². The highest BCUT2D eigenvalue weighted by Gasteiger charge is 2.34. The van der Waals surface area contributed by atoms with Crippen molar-refractivity contribution in [3.8, 4) is 68.3 Å². The summed E-state index contributed by atoms with van der Waals surface area (Å²) in [5.41, 5.74) is 10.5. The van der Waals surface area contributed by atoms with E-state index in [0.717, 1.165) is 87.2 Å². The van der Waals surface area contributed by atoms with E-state index < -0.39 is 23.5 Å². The zero-order valence-electron chi connectivity index (χ0n) is 46.2. The van der Waals surface area contributed by atoms with Crippen LogP contribution in [0.3, 0.4) is 0 Å². The van der Waals surface area contributed by atoms with Gasteiger partial charge in [0.15, 0.2) is 0 Å².